The Balaban J connectivity index is 1.32. The molecule has 3 atom stereocenters. The van der Waals surface area contributed by atoms with Crippen LogP contribution in [0.5, 0.6) is 0 Å². The van der Waals surface area contributed by atoms with Gasteiger partial charge >= 0.3 is 12.2 Å². The lowest BCUT2D eigenvalue weighted by Crippen LogP contribution is -2.46. The van der Waals surface area contributed by atoms with Gasteiger partial charge in [-0.05, 0) is 55.3 Å². The summed E-state index contributed by atoms with van der Waals surface area (Å²) in [7, 11) is 1.84. The number of non-ortho nitro benzene ring substituents is 2. The molecule has 0 saturated carbocycles. The van der Waals surface area contributed by atoms with Crippen LogP contribution in [0.15, 0.2) is 53.5 Å². The number of guanidine groups is 1. The van der Waals surface area contributed by atoms with Gasteiger partial charge < -0.3 is 19.7 Å². The van der Waals surface area contributed by atoms with Gasteiger partial charge in [0, 0.05) is 62.1 Å². The van der Waals surface area contributed by atoms with Crippen molar-refractivity contribution in [3.8, 4) is 0 Å². The van der Waals surface area contributed by atoms with Gasteiger partial charge in [-0.3, -0.25) is 50.1 Å². The van der Waals surface area contributed by atoms with Crippen LogP contribution < -0.4 is 16.0 Å². The van der Waals surface area contributed by atoms with Gasteiger partial charge in [0.05, 0.1) is 15.9 Å². The second kappa shape index (κ2) is 17.9. The number of nitrogens with zero attached hydrogens (tertiary/aromatic N) is 5. The minimum Gasteiger partial charge on any atom is -0.444 e. The number of likely N-dealkylation sites (tertiary alicyclic amines) is 2. The largest absolute Gasteiger partial charge is 0.444 e. The zero-order valence-electron chi connectivity index (χ0n) is 27.6. The minimum absolute atomic E-state index is 0.0000521. The van der Waals surface area contributed by atoms with Crippen LogP contribution in [-0.2, 0) is 37.1 Å². The third kappa shape index (κ3) is 11.7. The maximum Gasteiger partial charge on any atom is 0.414 e. The first kappa shape index (κ1) is 38.2. The number of nitro groups is 2. The molecular weight excluding hydrogens is 692 g/mol. The number of aliphatic imine (C=N–C) groups is 1. The number of amides is 4. The lowest BCUT2D eigenvalue weighted by Gasteiger charge is -2.25. The Morgan fingerprint density at radius 3 is 1.90 bits per heavy atom. The van der Waals surface area contributed by atoms with Gasteiger partial charge in [-0.15, -0.1) is 0 Å². The molecule has 272 valence electrons. The molecule has 2 heterocycles. The fourth-order valence-electron chi connectivity index (χ4n) is 5.38. The van der Waals surface area contributed by atoms with Crippen molar-refractivity contribution in [2.45, 2.75) is 50.3 Å². The summed E-state index contributed by atoms with van der Waals surface area (Å²) in [5.41, 5.74) is 0.568. The van der Waals surface area contributed by atoms with E-state index in [0.717, 1.165) is 0 Å². The van der Waals surface area contributed by atoms with Crippen molar-refractivity contribution < 1.29 is 43.3 Å². The lowest BCUT2D eigenvalue weighted by molar-refractivity contribution is -0.385. The zero-order valence-corrected chi connectivity index (χ0v) is 28.5. The highest BCUT2D eigenvalue weighted by molar-refractivity contribution is 8.14. The number of alkyl carbamates (subject to hydrolysis) is 2. The summed E-state index contributed by atoms with van der Waals surface area (Å²) >= 11 is 1.23. The Hall–Kier alpha value is -5.63. The Morgan fingerprint density at radius 1 is 0.882 bits per heavy atom. The molecule has 0 spiro atoms. The van der Waals surface area contributed by atoms with Crippen molar-refractivity contribution in [2.24, 2.45) is 4.99 Å². The lowest BCUT2D eigenvalue weighted by atomic mass is 10.2. The summed E-state index contributed by atoms with van der Waals surface area (Å²) in [4.78, 5) is 90.8. The van der Waals surface area contributed by atoms with Crippen LogP contribution in [0.3, 0.4) is 0 Å². The summed E-state index contributed by atoms with van der Waals surface area (Å²) in [5.74, 6) is -1.13. The molecule has 0 unspecified atom stereocenters. The molecule has 51 heavy (non-hydrogen) atoms. The standard InChI is InChI=1S/C31H36N8O11S/c1-19(40)51-25-13-26(36(2)16-25)28(42)37-12-11-22(15-37)33-27(41)14-32-29(34-30(43)49-17-20-3-7-23(8-4-20)38(45)46)35-31(44)50-18-21-5-9-24(10-6-21)39(47)48/h3-10,22,25-26H,11-18H2,1-2H3,(H,33,41)(H2,32,34,35,43,44)/t22-,25+,26+/m1/s1. The van der Waals surface area contributed by atoms with Crippen LogP contribution in [0.1, 0.15) is 30.9 Å². The van der Waals surface area contributed by atoms with Crippen LogP contribution in [0.25, 0.3) is 0 Å². The number of benzene rings is 2. The van der Waals surface area contributed by atoms with E-state index in [9.17, 15) is 44.2 Å². The average Bonchev–Trinajstić information content (AvgIpc) is 3.70. The first-order valence-corrected chi connectivity index (χ1v) is 16.5. The quantitative estimate of drug-likeness (QED) is 0.130. The normalized spacial score (nSPS) is 18.3. The highest BCUT2D eigenvalue weighted by atomic mass is 32.2. The molecule has 2 aliphatic heterocycles. The molecule has 4 amide bonds. The molecule has 3 N–H and O–H groups in total. The second-order valence-corrected chi connectivity index (χ2v) is 13.2. The van der Waals surface area contributed by atoms with Crippen LogP contribution in [0.2, 0.25) is 0 Å². The van der Waals surface area contributed by atoms with Gasteiger partial charge in [0.15, 0.2) is 5.12 Å². The van der Waals surface area contributed by atoms with Crippen LogP contribution in [0.4, 0.5) is 21.0 Å². The monoisotopic (exact) mass is 728 g/mol. The Bertz CT molecular complexity index is 1590. The van der Waals surface area contributed by atoms with Crippen molar-refractivity contribution in [3.05, 3.63) is 79.9 Å². The third-order valence-corrected chi connectivity index (χ3v) is 8.86. The number of nitrogens with one attached hydrogen (secondary N) is 3. The first-order chi connectivity index (χ1) is 24.3. The third-order valence-electron chi connectivity index (χ3n) is 7.85. The molecule has 0 aliphatic carbocycles. The molecule has 0 aromatic heterocycles. The van der Waals surface area contributed by atoms with E-state index in [1.165, 1.54) is 67.2 Å². The van der Waals surface area contributed by atoms with E-state index >= 15 is 0 Å². The number of hydrogen-bond acceptors (Lipinski definition) is 14. The highest BCUT2D eigenvalue weighted by Crippen LogP contribution is 2.28. The smallest absolute Gasteiger partial charge is 0.414 e. The Morgan fingerprint density at radius 2 is 1.41 bits per heavy atom. The van der Waals surface area contributed by atoms with E-state index < -0.39 is 40.4 Å². The number of thioether (sulfide) groups is 1. The van der Waals surface area contributed by atoms with Gasteiger partial charge in [-0.25, -0.2) is 14.6 Å². The molecule has 19 nitrogen and oxygen atoms in total. The number of ether oxygens (including phenoxy) is 2. The highest BCUT2D eigenvalue weighted by Gasteiger charge is 2.39. The van der Waals surface area contributed by atoms with E-state index in [-0.39, 0.29) is 59.5 Å². The SMILES string of the molecule is CC(=O)S[C@H]1C[C@@H](C(=O)N2CC[C@@H](NC(=O)CN=C(NC(=O)OCc3ccc([N+](=O)[O-])cc3)NC(=O)OCc3ccc([N+](=O)[O-])cc3)C2)N(C)C1. The fraction of sp³-hybridized carbons (Fsp3) is 0.419. The van der Waals surface area contributed by atoms with Crippen molar-refractivity contribution in [3.63, 3.8) is 0 Å². The van der Waals surface area contributed by atoms with Gasteiger partial charge in [-0.1, -0.05) is 11.8 Å². The van der Waals surface area contributed by atoms with E-state index in [1.807, 2.05) is 11.9 Å². The summed E-state index contributed by atoms with van der Waals surface area (Å²) in [5, 5.41) is 29.0. The molecule has 2 aromatic carbocycles. The molecular formula is C31H36N8O11S. The van der Waals surface area contributed by atoms with Gasteiger partial charge in [0.2, 0.25) is 17.8 Å². The summed E-state index contributed by atoms with van der Waals surface area (Å²) in [6.45, 7) is 1.71. The van der Waals surface area contributed by atoms with Crippen LogP contribution in [-0.4, -0.2) is 105 Å². The van der Waals surface area contributed by atoms with E-state index in [1.54, 1.807) is 4.90 Å². The molecule has 2 fully saturated rings. The van der Waals surface area contributed by atoms with Crippen molar-refractivity contribution in [2.75, 3.05) is 33.2 Å². The maximum atomic E-state index is 13.2. The van der Waals surface area contributed by atoms with E-state index in [2.05, 4.69) is 20.9 Å². The molecule has 2 aliphatic rings. The van der Waals surface area contributed by atoms with E-state index in [4.69, 9.17) is 9.47 Å². The predicted octanol–water partition coefficient (Wildman–Crippen LogP) is 2.08. The molecule has 0 radical (unpaired) electrons. The molecule has 4 rings (SSSR count). The zero-order chi connectivity index (χ0) is 37.1. The van der Waals surface area contributed by atoms with Crippen LogP contribution >= 0.6 is 11.8 Å². The number of hydrogen-bond donors (Lipinski definition) is 3. The molecule has 20 heteroatoms. The number of carbonyl (C=O) groups is 5. The average molecular weight is 729 g/mol. The summed E-state index contributed by atoms with van der Waals surface area (Å²) in [6, 6.07) is 9.81. The first-order valence-electron chi connectivity index (χ1n) is 15.6. The number of nitro benzene ring substituents is 2. The van der Waals surface area contributed by atoms with Crippen LogP contribution in [0, 0.1) is 20.2 Å². The minimum atomic E-state index is -1.08. The Kier molecular flexibility index (Phi) is 13.4. The molecule has 2 saturated heterocycles. The fourth-order valence-corrected chi connectivity index (χ4v) is 6.43. The predicted molar refractivity (Wildman–Crippen MR) is 181 cm³/mol. The molecule has 2 aromatic rings. The number of carbonyl (C=O) groups excluding carboxylic acids is 5. The van der Waals surface area contributed by atoms with Gasteiger partial charge in [-0.2, -0.15) is 0 Å². The van der Waals surface area contributed by atoms with E-state index in [0.29, 0.717) is 37.1 Å². The Labute approximate surface area is 295 Å². The summed E-state index contributed by atoms with van der Waals surface area (Å²) in [6.07, 6.45) is -1.10. The van der Waals surface area contributed by atoms with Crippen molar-refractivity contribution >= 4 is 58.2 Å². The van der Waals surface area contributed by atoms with Gasteiger partial charge in [0.1, 0.15) is 19.8 Å². The topological polar surface area (TPSA) is 245 Å². The van der Waals surface area contributed by atoms with Crippen molar-refractivity contribution in [1.29, 1.82) is 0 Å². The van der Waals surface area contributed by atoms with Crippen molar-refractivity contribution in [1.82, 2.24) is 25.8 Å². The van der Waals surface area contributed by atoms with Gasteiger partial charge in [0.25, 0.3) is 11.4 Å². The summed E-state index contributed by atoms with van der Waals surface area (Å²) < 4.78 is 10.2. The second-order valence-electron chi connectivity index (χ2n) is 11.7. The molecule has 0 bridgehead atoms. The number of likely N-dealkylation sites (N-methyl/N-ethyl adjacent to an activating group) is 1. The maximum absolute atomic E-state index is 13.2. The number of rotatable bonds is 11.